The van der Waals surface area contributed by atoms with Gasteiger partial charge in [-0.2, -0.15) is 0 Å². The molecule has 0 unspecified atom stereocenters. The second-order valence-corrected chi connectivity index (χ2v) is 9.16. The second kappa shape index (κ2) is 10.3. The first-order valence-electron chi connectivity index (χ1n) is 12.6. The Kier molecular flexibility index (Phi) is 6.46. The lowest BCUT2D eigenvalue weighted by atomic mass is 9.90. The van der Waals surface area contributed by atoms with E-state index < -0.39 is 0 Å². The zero-order valence-electron chi connectivity index (χ0n) is 22.7. The van der Waals surface area contributed by atoms with Gasteiger partial charge in [-0.05, 0) is 36.4 Å². The van der Waals surface area contributed by atoms with Crippen LogP contribution in [0.1, 0.15) is 37.8 Å². The minimum absolute atomic E-state index is 0.0584. The van der Waals surface area contributed by atoms with Gasteiger partial charge in [-0.3, -0.25) is 9.59 Å². The number of nitrogens with zero attached hydrogens (tertiary/aromatic N) is 5. The number of ketones is 2. The molecule has 11 nitrogen and oxygen atoms in total. The molecular weight excluding hydrogens is 526 g/mol. The minimum atomic E-state index is -0.337. The van der Waals surface area contributed by atoms with Crippen molar-refractivity contribution < 1.29 is 28.5 Å². The molecule has 0 saturated carbocycles. The van der Waals surface area contributed by atoms with E-state index in [2.05, 4.69) is 10.3 Å². The average Bonchev–Trinajstić information content (AvgIpc) is 3.64. The summed E-state index contributed by atoms with van der Waals surface area (Å²) in [7, 11) is 6.13. The Morgan fingerprint density at radius 1 is 0.732 bits per heavy atom. The molecule has 0 bridgehead atoms. The molecule has 0 fully saturated rings. The van der Waals surface area contributed by atoms with Gasteiger partial charge in [0.15, 0.2) is 11.5 Å². The molecule has 0 aliphatic heterocycles. The third kappa shape index (κ3) is 4.18. The highest BCUT2D eigenvalue weighted by Gasteiger charge is 2.37. The van der Waals surface area contributed by atoms with Crippen molar-refractivity contribution >= 4 is 11.6 Å². The molecule has 1 aliphatic carbocycles. The predicted octanol–water partition coefficient (Wildman–Crippen LogP) is 3.99. The van der Waals surface area contributed by atoms with Crippen LogP contribution in [-0.4, -0.2) is 64.6 Å². The quantitative estimate of drug-likeness (QED) is 0.277. The molecule has 0 spiro atoms. The number of carbonyl (C=O) groups is 2. The summed E-state index contributed by atoms with van der Waals surface area (Å²) < 4.78 is 25.3. The lowest BCUT2D eigenvalue weighted by Gasteiger charge is -2.18. The van der Waals surface area contributed by atoms with Gasteiger partial charge in [0.05, 0.1) is 52.4 Å². The van der Waals surface area contributed by atoms with Gasteiger partial charge in [0.25, 0.3) is 0 Å². The van der Waals surface area contributed by atoms with Crippen molar-refractivity contribution in [1.29, 1.82) is 0 Å². The maximum Gasteiger partial charge on any atom is 0.214 e. The van der Waals surface area contributed by atoms with Crippen LogP contribution in [0.4, 0.5) is 0 Å². The average molecular weight is 552 g/mol. The molecule has 1 aliphatic rings. The monoisotopic (exact) mass is 551 g/mol. The van der Waals surface area contributed by atoms with E-state index in [0.29, 0.717) is 45.5 Å². The van der Waals surface area contributed by atoms with Crippen LogP contribution >= 0.6 is 0 Å². The lowest BCUT2D eigenvalue weighted by Crippen LogP contribution is -2.23. The van der Waals surface area contributed by atoms with Gasteiger partial charge in [-0.25, -0.2) is 9.67 Å². The Hall–Kier alpha value is -5.45. The zero-order chi connectivity index (χ0) is 28.7. The Bertz CT molecular complexity index is 1800. The summed E-state index contributed by atoms with van der Waals surface area (Å²) in [4.78, 5) is 32.1. The number of fused-ring (bicyclic) bond motifs is 2. The molecule has 206 valence electrons. The van der Waals surface area contributed by atoms with Gasteiger partial charge < -0.3 is 23.5 Å². The van der Waals surface area contributed by atoms with Gasteiger partial charge in [-0.1, -0.05) is 29.5 Å². The smallest absolute Gasteiger partial charge is 0.214 e. The summed E-state index contributed by atoms with van der Waals surface area (Å²) in [6.45, 7) is 0.104. The number of aromatic nitrogens is 5. The molecular formula is C30H25N5O6. The number of benzene rings is 3. The lowest BCUT2D eigenvalue weighted by molar-refractivity contribution is 0.0971. The second-order valence-electron chi connectivity index (χ2n) is 9.16. The normalized spacial score (nSPS) is 12.1. The van der Waals surface area contributed by atoms with Crippen LogP contribution in [0.2, 0.25) is 0 Å². The first-order chi connectivity index (χ1) is 20.0. The highest BCUT2D eigenvalue weighted by molar-refractivity contribution is 6.27. The molecule has 0 amide bonds. The number of hydrogen-bond acceptors (Lipinski definition) is 9. The fraction of sp³-hybridized carbons (Fsp3) is 0.167. The van der Waals surface area contributed by atoms with Crippen LogP contribution in [0.5, 0.6) is 23.0 Å². The minimum Gasteiger partial charge on any atom is -0.497 e. The maximum atomic E-state index is 13.8. The van der Waals surface area contributed by atoms with E-state index in [4.69, 9.17) is 23.9 Å². The molecule has 3 aromatic carbocycles. The van der Waals surface area contributed by atoms with Crippen LogP contribution in [0.3, 0.4) is 0 Å². The first kappa shape index (κ1) is 25.8. The van der Waals surface area contributed by atoms with E-state index in [-0.39, 0.29) is 29.5 Å². The summed E-state index contributed by atoms with van der Waals surface area (Å²) in [5, 5.41) is 8.62. The highest BCUT2D eigenvalue weighted by atomic mass is 16.5. The van der Waals surface area contributed by atoms with Crippen molar-refractivity contribution in [2.45, 2.75) is 6.54 Å². The van der Waals surface area contributed by atoms with E-state index in [1.807, 2.05) is 24.3 Å². The topological polar surface area (TPSA) is 120 Å². The molecule has 2 heterocycles. The number of rotatable bonds is 8. The molecule has 0 N–H and O–H groups in total. The summed E-state index contributed by atoms with van der Waals surface area (Å²) in [5.41, 5.74) is 2.68. The van der Waals surface area contributed by atoms with Crippen molar-refractivity contribution in [2.24, 2.45) is 0 Å². The summed E-state index contributed by atoms with van der Waals surface area (Å²) in [5.74, 6) is 1.56. The summed E-state index contributed by atoms with van der Waals surface area (Å²) in [6.07, 6.45) is 1.76. The summed E-state index contributed by atoms with van der Waals surface area (Å²) >= 11 is 0. The van der Waals surface area contributed by atoms with E-state index in [1.54, 1.807) is 59.0 Å². The standard InChI is InChI=1S/C30H25N5O6/c1-38-19-11-9-18(10-12-19)35-16-17(32-33-35)15-34-25-24(26(36)20-7-5-6-8-21(20)27(25)37)31-30(34)22-13-14-23(39-2)29(41-4)28(22)40-3/h5-14,16H,15H2,1-4H3. The molecule has 0 saturated heterocycles. The third-order valence-corrected chi connectivity index (χ3v) is 6.96. The number of carbonyl (C=O) groups excluding carboxylic acids is 2. The van der Waals surface area contributed by atoms with Gasteiger partial charge in [0.2, 0.25) is 17.3 Å². The largest absolute Gasteiger partial charge is 0.497 e. The van der Waals surface area contributed by atoms with Crippen LogP contribution in [-0.2, 0) is 6.54 Å². The Morgan fingerprint density at radius 3 is 2.10 bits per heavy atom. The number of imidazole rings is 1. The highest BCUT2D eigenvalue weighted by Crippen LogP contribution is 2.45. The fourth-order valence-electron chi connectivity index (χ4n) is 5.01. The van der Waals surface area contributed by atoms with Crippen LogP contribution in [0.25, 0.3) is 17.1 Å². The molecule has 11 heteroatoms. The van der Waals surface area contributed by atoms with E-state index >= 15 is 0 Å². The van der Waals surface area contributed by atoms with Gasteiger partial charge in [0, 0.05) is 11.1 Å². The molecule has 2 aromatic heterocycles. The van der Waals surface area contributed by atoms with E-state index in [0.717, 1.165) is 11.4 Å². The van der Waals surface area contributed by atoms with Crippen molar-refractivity contribution in [1.82, 2.24) is 24.5 Å². The Labute approximate surface area is 234 Å². The van der Waals surface area contributed by atoms with Crippen molar-refractivity contribution in [3.05, 3.63) is 95.1 Å². The predicted molar refractivity (Wildman–Crippen MR) is 148 cm³/mol. The van der Waals surface area contributed by atoms with Crippen molar-refractivity contribution in [3.63, 3.8) is 0 Å². The van der Waals surface area contributed by atoms with Crippen molar-refractivity contribution in [2.75, 3.05) is 28.4 Å². The van der Waals surface area contributed by atoms with Gasteiger partial charge >= 0.3 is 0 Å². The number of ether oxygens (including phenoxy) is 4. The maximum absolute atomic E-state index is 13.8. The SMILES string of the molecule is COc1ccc(-n2cc(Cn3c(-c4ccc(OC)c(OC)c4OC)nc4c3C(=O)c3ccccc3C4=O)nn2)cc1. The van der Waals surface area contributed by atoms with Gasteiger partial charge in [-0.15, -0.1) is 5.10 Å². The molecule has 0 atom stereocenters. The molecule has 5 aromatic rings. The van der Waals surface area contributed by atoms with Gasteiger partial charge in [0.1, 0.15) is 28.7 Å². The summed E-state index contributed by atoms with van der Waals surface area (Å²) in [6, 6.07) is 17.6. The zero-order valence-corrected chi connectivity index (χ0v) is 22.7. The Morgan fingerprint density at radius 2 is 1.44 bits per heavy atom. The first-order valence-corrected chi connectivity index (χ1v) is 12.6. The van der Waals surface area contributed by atoms with Crippen LogP contribution in [0.15, 0.2) is 66.9 Å². The Balaban J connectivity index is 1.52. The number of hydrogen-bond donors (Lipinski definition) is 0. The van der Waals surface area contributed by atoms with Crippen LogP contribution in [0, 0.1) is 0 Å². The molecule has 0 radical (unpaired) electrons. The number of methoxy groups -OCH3 is 4. The van der Waals surface area contributed by atoms with Crippen molar-refractivity contribution in [3.8, 4) is 40.1 Å². The molecule has 6 rings (SSSR count). The van der Waals surface area contributed by atoms with E-state index in [1.165, 1.54) is 21.3 Å². The fourth-order valence-corrected chi connectivity index (χ4v) is 5.01. The molecule has 41 heavy (non-hydrogen) atoms. The van der Waals surface area contributed by atoms with E-state index in [9.17, 15) is 9.59 Å². The third-order valence-electron chi connectivity index (χ3n) is 6.96. The van der Waals surface area contributed by atoms with Crippen LogP contribution < -0.4 is 18.9 Å².